The summed E-state index contributed by atoms with van der Waals surface area (Å²) in [5.41, 5.74) is 5.25. The Morgan fingerprint density at radius 2 is 2.25 bits per heavy atom. The van der Waals surface area contributed by atoms with E-state index in [1.807, 2.05) is 0 Å². The van der Waals surface area contributed by atoms with Crippen molar-refractivity contribution in [2.24, 2.45) is 0 Å². The van der Waals surface area contributed by atoms with E-state index in [-0.39, 0.29) is 11.7 Å². The molecule has 0 aliphatic carbocycles. The normalized spacial score (nSPS) is 10.2. The van der Waals surface area contributed by atoms with Gasteiger partial charge in [0.05, 0.1) is 0 Å². The molecule has 0 radical (unpaired) electrons. The van der Waals surface area contributed by atoms with Crippen molar-refractivity contribution in [2.45, 2.75) is 6.43 Å². The van der Waals surface area contributed by atoms with Gasteiger partial charge < -0.3 is 10.5 Å². The number of rotatable bonds is 3. The number of nitrogens with zero attached hydrogens (tertiary/aromatic N) is 2. The van der Waals surface area contributed by atoms with Gasteiger partial charge in [0.1, 0.15) is 12.1 Å². The molecule has 0 saturated heterocycles. The average molecular weight is 175 g/mol. The first-order valence-corrected chi connectivity index (χ1v) is 3.17. The van der Waals surface area contributed by atoms with E-state index < -0.39 is 13.0 Å². The highest BCUT2D eigenvalue weighted by Gasteiger charge is 2.04. The summed E-state index contributed by atoms with van der Waals surface area (Å²) >= 11 is 0. The highest BCUT2D eigenvalue weighted by Crippen LogP contribution is 2.08. The number of anilines is 1. The molecule has 0 bridgehead atoms. The van der Waals surface area contributed by atoms with Gasteiger partial charge in [-0.05, 0) is 0 Å². The van der Waals surface area contributed by atoms with Gasteiger partial charge in [0.25, 0.3) is 6.43 Å². The molecule has 0 unspecified atom stereocenters. The molecular weight excluding hydrogens is 168 g/mol. The molecule has 0 fully saturated rings. The van der Waals surface area contributed by atoms with Crippen molar-refractivity contribution < 1.29 is 13.5 Å². The lowest BCUT2D eigenvalue weighted by atomic mass is 10.6. The molecule has 0 atom stereocenters. The molecule has 2 N–H and O–H groups in total. The number of halogens is 2. The number of ether oxygens (including phenoxy) is 1. The zero-order valence-corrected chi connectivity index (χ0v) is 6.08. The third kappa shape index (κ3) is 2.65. The summed E-state index contributed by atoms with van der Waals surface area (Å²) in [6.07, 6.45) is -1.36. The Morgan fingerprint density at radius 3 is 2.83 bits per heavy atom. The maximum atomic E-state index is 11.6. The van der Waals surface area contributed by atoms with Gasteiger partial charge in [-0.1, -0.05) is 0 Å². The maximum Gasteiger partial charge on any atom is 0.272 e. The first-order chi connectivity index (χ1) is 5.68. The molecule has 0 aliphatic rings. The summed E-state index contributed by atoms with van der Waals surface area (Å²) in [6, 6.07) is 1.28. The monoisotopic (exact) mass is 175 g/mol. The van der Waals surface area contributed by atoms with Crippen LogP contribution in [0.3, 0.4) is 0 Å². The summed E-state index contributed by atoms with van der Waals surface area (Å²) in [7, 11) is 0. The highest BCUT2D eigenvalue weighted by molar-refractivity contribution is 5.30. The van der Waals surface area contributed by atoms with Crippen LogP contribution in [0.1, 0.15) is 0 Å². The molecular formula is C6H7F2N3O. The second-order valence-corrected chi connectivity index (χ2v) is 1.98. The zero-order chi connectivity index (χ0) is 8.97. The SMILES string of the molecule is Nc1cc(OCC(F)F)ncn1. The number of hydrogen-bond donors (Lipinski definition) is 1. The molecule has 0 aromatic carbocycles. The third-order valence-electron chi connectivity index (χ3n) is 1.02. The molecule has 0 spiro atoms. The Labute approximate surface area is 67.4 Å². The summed E-state index contributed by atoms with van der Waals surface area (Å²) in [5, 5.41) is 0. The topological polar surface area (TPSA) is 61.0 Å². The lowest BCUT2D eigenvalue weighted by Gasteiger charge is -2.03. The first-order valence-electron chi connectivity index (χ1n) is 3.17. The summed E-state index contributed by atoms with van der Waals surface area (Å²) in [6.45, 7) is -0.684. The van der Waals surface area contributed by atoms with Crippen LogP contribution in [0.4, 0.5) is 14.6 Å². The fourth-order valence-corrected chi connectivity index (χ4v) is 0.581. The van der Waals surface area contributed by atoms with Crippen LogP contribution in [-0.4, -0.2) is 23.0 Å². The van der Waals surface area contributed by atoms with E-state index in [4.69, 9.17) is 5.73 Å². The van der Waals surface area contributed by atoms with Crippen molar-refractivity contribution in [3.63, 3.8) is 0 Å². The van der Waals surface area contributed by atoms with E-state index in [1.54, 1.807) is 0 Å². The van der Waals surface area contributed by atoms with Crippen LogP contribution < -0.4 is 10.5 Å². The van der Waals surface area contributed by atoms with Gasteiger partial charge in [-0.25, -0.2) is 18.7 Å². The van der Waals surface area contributed by atoms with Gasteiger partial charge in [-0.15, -0.1) is 0 Å². The van der Waals surface area contributed by atoms with Crippen molar-refractivity contribution >= 4 is 5.82 Å². The predicted octanol–water partition coefficient (Wildman–Crippen LogP) is 0.703. The number of hydrogen-bond acceptors (Lipinski definition) is 4. The summed E-state index contributed by atoms with van der Waals surface area (Å²) < 4.78 is 27.8. The lowest BCUT2D eigenvalue weighted by molar-refractivity contribution is 0.0795. The Hall–Kier alpha value is -1.46. The Kier molecular flexibility index (Phi) is 2.73. The van der Waals surface area contributed by atoms with Gasteiger partial charge in [0, 0.05) is 6.07 Å². The quantitative estimate of drug-likeness (QED) is 0.734. The number of aromatic nitrogens is 2. The molecule has 6 heteroatoms. The van der Waals surface area contributed by atoms with Crippen LogP contribution in [0.2, 0.25) is 0 Å². The Bertz CT molecular complexity index is 256. The maximum absolute atomic E-state index is 11.6. The van der Waals surface area contributed by atoms with Gasteiger partial charge >= 0.3 is 0 Å². The van der Waals surface area contributed by atoms with E-state index >= 15 is 0 Å². The van der Waals surface area contributed by atoms with Crippen LogP contribution >= 0.6 is 0 Å². The van der Waals surface area contributed by atoms with Crippen LogP contribution in [0.25, 0.3) is 0 Å². The van der Waals surface area contributed by atoms with Crippen LogP contribution in [0.5, 0.6) is 5.88 Å². The van der Waals surface area contributed by atoms with Gasteiger partial charge in [-0.3, -0.25) is 0 Å². The smallest absolute Gasteiger partial charge is 0.272 e. The highest BCUT2D eigenvalue weighted by atomic mass is 19.3. The molecule has 1 rings (SSSR count). The standard InChI is InChI=1S/C6H7F2N3O/c7-4(8)2-12-6-1-5(9)10-3-11-6/h1,3-4H,2H2,(H2,9,10,11). The van der Waals surface area contributed by atoms with Crippen molar-refractivity contribution in [2.75, 3.05) is 12.3 Å². The van der Waals surface area contributed by atoms with E-state index in [2.05, 4.69) is 14.7 Å². The number of alkyl halides is 2. The van der Waals surface area contributed by atoms with E-state index in [9.17, 15) is 8.78 Å². The van der Waals surface area contributed by atoms with E-state index in [1.165, 1.54) is 6.07 Å². The minimum absolute atomic E-state index is 0.0581. The van der Waals surface area contributed by atoms with Gasteiger partial charge in [0.2, 0.25) is 5.88 Å². The molecule has 0 saturated carbocycles. The number of nitrogens with two attached hydrogens (primary N) is 1. The molecule has 1 aromatic heterocycles. The average Bonchev–Trinajstić information content (AvgIpc) is 2.01. The van der Waals surface area contributed by atoms with E-state index in [0.29, 0.717) is 0 Å². The van der Waals surface area contributed by atoms with Crippen molar-refractivity contribution in [3.8, 4) is 5.88 Å². The molecule has 4 nitrogen and oxygen atoms in total. The predicted molar refractivity (Wildman–Crippen MR) is 37.9 cm³/mol. The zero-order valence-electron chi connectivity index (χ0n) is 6.08. The molecule has 66 valence electrons. The van der Waals surface area contributed by atoms with Crippen molar-refractivity contribution in [1.82, 2.24) is 9.97 Å². The molecule has 12 heavy (non-hydrogen) atoms. The lowest BCUT2D eigenvalue weighted by Crippen LogP contribution is -2.08. The first kappa shape index (κ1) is 8.63. The molecule has 1 heterocycles. The summed E-state index contributed by atoms with van der Waals surface area (Å²) in [5.74, 6) is 0.247. The van der Waals surface area contributed by atoms with Gasteiger partial charge in [0.15, 0.2) is 6.61 Å². The van der Waals surface area contributed by atoms with Crippen LogP contribution in [-0.2, 0) is 0 Å². The molecule has 0 aliphatic heterocycles. The Morgan fingerprint density at radius 1 is 1.50 bits per heavy atom. The van der Waals surface area contributed by atoms with E-state index in [0.717, 1.165) is 6.33 Å². The molecule has 0 amide bonds. The van der Waals surface area contributed by atoms with Crippen molar-refractivity contribution in [3.05, 3.63) is 12.4 Å². The minimum atomic E-state index is -2.51. The third-order valence-corrected chi connectivity index (χ3v) is 1.02. The number of nitrogen functional groups attached to an aromatic ring is 1. The van der Waals surface area contributed by atoms with Crippen LogP contribution in [0, 0.1) is 0 Å². The van der Waals surface area contributed by atoms with Crippen molar-refractivity contribution in [1.29, 1.82) is 0 Å². The second kappa shape index (κ2) is 3.80. The van der Waals surface area contributed by atoms with Crippen LogP contribution in [0.15, 0.2) is 12.4 Å². The summed E-state index contributed by atoms with van der Waals surface area (Å²) in [4.78, 5) is 7.13. The fraction of sp³-hybridized carbons (Fsp3) is 0.333. The molecule has 1 aromatic rings. The second-order valence-electron chi connectivity index (χ2n) is 1.98. The Balaban J connectivity index is 2.52. The largest absolute Gasteiger partial charge is 0.471 e. The van der Waals surface area contributed by atoms with Gasteiger partial charge in [-0.2, -0.15) is 0 Å². The fourth-order valence-electron chi connectivity index (χ4n) is 0.581. The minimum Gasteiger partial charge on any atom is -0.471 e.